The van der Waals surface area contributed by atoms with Crippen LogP contribution in [0.1, 0.15) is 83.5 Å². The maximum Gasteiger partial charge on any atom is 0.339 e. The number of carbonyl (C=O) groups excluding carboxylic acids is 6. The average Bonchev–Trinajstić information content (AvgIpc) is 3.41. The number of methoxy groups -OCH3 is 1. The van der Waals surface area contributed by atoms with E-state index in [2.05, 4.69) is 17.9 Å². The minimum absolute atomic E-state index is 0.0260. The van der Waals surface area contributed by atoms with Crippen molar-refractivity contribution in [1.29, 1.82) is 0 Å². The number of sulfonamides is 2. The van der Waals surface area contributed by atoms with Crippen molar-refractivity contribution >= 4 is 55.6 Å². The van der Waals surface area contributed by atoms with Gasteiger partial charge in [-0.25, -0.2) is 30.7 Å². The summed E-state index contributed by atoms with van der Waals surface area (Å²) >= 11 is 0. The number of carbonyl (C=O) groups is 6. The molecule has 0 fully saturated rings. The number of ether oxygens (including phenoxy) is 8. The Kier molecular flexibility index (Phi) is 17.2. The Hall–Kier alpha value is -9.12. The Morgan fingerprint density at radius 1 is 0.659 bits per heavy atom. The van der Waals surface area contributed by atoms with E-state index >= 15 is 0 Å². The van der Waals surface area contributed by atoms with E-state index in [0.29, 0.717) is 26.6 Å². The van der Waals surface area contributed by atoms with Gasteiger partial charge < -0.3 is 37.9 Å². The first-order valence-electron chi connectivity index (χ1n) is 25.3. The van der Waals surface area contributed by atoms with Crippen LogP contribution in [0.2, 0.25) is 0 Å². The summed E-state index contributed by atoms with van der Waals surface area (Å²) in [5.41, 5.74) is 1.01. The number of rotatable bonds is 19. The minimum atomic E-state index is -4.63. The molecule has 6 aromatic rings. The molecule has 6 aromatic carbocycles. The lowest BCUT2D eigenvalue weighted by Crippen LogP contribution is -2.47. The number of hydrogen-bond donors (Lipinski definition) is 1. The molecule has 1 amide bonds. The molecule has 0 bridgehead atoms. The fourth-order valence-corrected chi connectivity index (χ4v) is 12.1. The van der Waals surface area contributed by atoms with Crippen molar-refractivity contribution in [2.24, 2.45) is 0 Å². The molecule has 0 aliphatic carbocycles. The van der Waals surface area contributed by atoms with E-state index in [1.54, 1.807) is 69.3 Å². The summed E-state index contributed by atoms with van der Waals surface area (Å²) in [7, 11) is -8.15. The third-order valence-electron chi connectivity index (χ3n) is 12.5. The molecule has 1 N–H and O–H groups in total. The third kappa shape index (κ3) is 12.1. The van der Waals surface area contributed by atoms with Gasteiger partial charge in [0.25, 0.3) is 15.9 Å². The summed E-state index contributed by atoms with van der Waals surface area (Å²) in [4.78, 5) is 75.5. The van der Waals surface area contributed by atoms with Gasteiger partial charge in [-0.2, -0.15) is 4.72 Å². The molecule has 3 heterocycles. The topological polar surface area (TPSA) is 260 Å². The van der Waals surface area contributed by atoms with Crippen LogP contribution in [0.5, 0.6) is 23.0 Å². The number of ketones is 1. The van der Waals surface area contributed by atoms with Crippen LogP contribution in [0.15, 0.2) is 181 Å². The van der Waals surface area contributed by atoms with Crippen molar-refractivity contribution in [2.75, 3.05) is 20.3 Å². The van der Waals surface area contributed by atoms with Gasteiger partial charge in [-0.15, -0.1) is 0 Å². The fourth-order valence-electron chi connectivity index (χ4n) is 9.01. The van der Waals surface area contributed by atoms with E-state index in [-0.39, 0.29) is 47.3 Å². The van der Waals surface area contributed by atoms with E-state index in [9.17, 15) is 45.6 Å². The van der Waals surface area contributed by atoms with Crippen LogP contribution in [-0.2, 0) is 69.7 Å². The Morgan fingerprint density at radius 3 is 1.51 bits per heavy atom. The molecule has 3 aliphatic rings. The van der Waals surface area contributed by atoms with Crippen molar-refractivity contribution in [3.05, 3.63) is 204 Å². The van der Waals surface area contributed by atoms with Gasteiger partial charge in [0.1, 0.15) is 40.4 Å². The summed E-state index contributed by atoms with van der Waals surface area (Å²) in [6.45, 7) is 12.5. The molecule has 0 radical (unpaired) electrons. The smallest absolute Gasteiger partial charge is 0.339 e. The molecule has 0 saturated carbocycles. The highest BCUT2D eigenvalue weighted by Gasteiger charge is 2.53. The summed E-state index contributed by atoms with van der Waals surface area (Å²) in [6.07, 6.45) is 1.36. The van der Waals surface area contributed by atoms with E-state index in [1.165, 1.54) is 37.3 Å². The molecular formula is C60H56N2O18S2. The van der Waals surface area contributed by atoms with E-state index in [4.69, 9.17) is 37.9 Å². The van der Waals surface area contributed by atoms with Crippen molar-refractivity contribution < 1.29 is 83.5 Å². The number of Topliss-reactive ketones (excluding diaryl/α,β-unsaturated/α-hetero) is 1. The molecule has 0 saturated heterocycles. The van der Waals surface area contributed by atoms with Crippen LogP contribution in [0.25, 0.3) is 0 Å². The number of nitrogens with zero attached hydrogens (tertiary/aromatic N) is 1. The molecule has 2 atom stereocenters. The second-order valence-electron chi connectivity index (χ2n) is 19.5. The van der Waals surface area contributed by atoms with Gasteiger partial charge in [0.2, 0.25) is 10.0 Å². The monoisotopic (exact) mass is 1160 g/mol. The predicted octanol–water partition coefficient (Wildman–Crippen LogP) is 7.83. The lowest BCUT2D eigenvalue weighted by molar-refractivity contribution is -0.160. The normalized spacial score (nSPS) is 15.5. The average molecular weight is 1160 g/mol. The van der Waals surface area contributed by atoms with Gasteiger partial charge in [0.05, 0.1) is 24.7 Å². The number of benzene rings is 6. The molecular weight excluding hydrogens is 1100 g/mol. The van der Waals surface area contributed by atoms with Crippen molar-refractivity contribution in [1.82, 2.24) is 9.03 Å². The molecule has 3 aliphatic heterocycles. The highest BCUT2D eigenvalue weighted by Crippen LogP contribution is 2.52. The molecule has 0 aromatic heterocycles. The number of fused-ring (bicyclic) bond motifs is 3. The second kappa shape index (κ2) is 23.9. The van der Waals surface area contributed by atoms with Crippen LogP contribution in [0.3, 0.4) is 0 Å². The largest absolute Gasteiger partial charge is 0.465 e. The van der Waals surface area contributed by atoms with Crippen LogP contribution >= 0.6 is 0 Å². The number of esters is 4. The van der Waals surface area contributed by atoms with Gasteiger partial charge in [0.15, 0.2) is 29.0 Å². The highest BCUT2D eigenvalue weighted by molar-refractivity contribution is 7.90. The van der Waals surface area contributed by atoms with Gasteiger partial charge in [0, 0.05) is 46.9 Å². The zero-order chi connectivity index (χ0) is 59.2. The van der Waals surface area contributed by atoms with Crippen LogP contribution in [0.4, 0.5) is 0 Å². The first kappa shape index (κ1) is 59.0. The van der Waals surface area contributed by atoms with Gasteiger partial charge >= 0.3 is 35.5 Å². The molecule has 426 valence electrons. The Labute approximate surface area is 473 Å². The first-order valence-corrected chi connectivity index (χ1v) is 28.2. The Morgan fingerprint density at radius 2 is 1.09 bits per heavy atom. The predicted molar refractivity (Wildman–Crippen MR) is 293 cm³/mol. The van der Waals surface area contributed by atoms with Gasteiger partial charge in [-0.1, -0.05) is 147 Å². The van der Waals surface area contributed by atoms with E-state index in [1.807, 2.05) is 72.8 Å². The highest BCUT2D eigenvalue weighted by atomic mass is 32.2. The van der Waals surface area contributed by atoms with Crippen molar-refractivity contribution in [2.45, 2.75) is 79.6 Å². The van der Waals surface area contributed by atoms with Crippen LogP contribution < -0.4 is 23.7 Å². The number of amides is 1. The zero-order valence-electron chi connectivity index (χ0n) is 45.0. The molecule has 0 spiro atoms. The second-order valence-corrected chi connectivity index (χ2v) is 23.0. The molecule has 9 rings (SSSR count). The maximum atomic E-state index is 13.8. The van der Waals surface area contributed by atoms with Crippen LogP contribution in [0, 0.1) is 0 Å². The lowest BCUT2D eigenvalue weighted by atomic mass is 9.97. The van der Waals surface area contributed by atoms with Gasteiger partial charge in [-0.3, -0.25) is 19.2 Å². The van der Waals surface area contributed by atoms with Crippen molar-refractivity contribution in [3.63, 3.8) is 0 Å². The quantitative estimate of drug-likeness (QED) is 0.0460. The summed E-state index contributed by atoms with van der Waals surface area (Å²) in [5, 5.41) is 0. The minimum Gasteiger partial charge on any atom is -0.465 e. The van der Waals surface area contributed by atoms with Gasteiger partial charge in [-0.05, 0) is 33.8 Å². The summed E-state index contributed by atoms with van der Waals surface area (Å²) in [5.74, 6) is -8.01. The molecule has 82 heavy (non-hydrogen) atoms. The number of nitrogens with one attached hydrogen (secondary N) is 1. The standard InChI is InChI=1S/C31H29NO9S.C29H27NO9S/c1-5-16-38-29(35)23(18-27(33)41-30(2,3)4)32-28(34)22-17-24-25(19-26(22)42(32,36)37)40-31(39-24,20-12-8-6-9-13-20)21-14-10-7-11-15-21;1-4-15-37-28(33)23(16-19(2)31)30-40(34,35)26-18-25-24(17-22(26)27(32)36-3)38-29(39-25,20-11-7-5-8-12-20)21-13-9-6-10-14-21/h5-15,17,19,23H,1,16,18H2,2-4H3;4-14,17-18,23,30H,1,15-16H2,2-3H3/t2*23-/m00/s1. The first-order chi connectivity index (χ1) is 39.0. The summed E-state index contributed by atoms with van der Waals surface area (Å²) < 4.78 is 103. The van der Waals surface area contributed by atoms with E-state index < -0.39 is 108 Å². The Balaban J connectivity index is 0.000000215. The van der Waals surface area contributed by atoms with Crippen LogP contribution in [-0.4, -0.2) is 94.7 Å². The number of hydrogen-bond acceptors (Lipinski definition) is 18. The third-order valence-corrected chi connectivity index (χ3v) is 15.8. The molecule has 0 unspecified atom stereocenters. The molecule has 20 nitrogen and oxygen atoms in total. The zero-order valence-corrected chi connectivity index (χ0v) is 46.7. The fraction of sp³-hybridized carbons (Fsp3) is 0.233. The molecule has 22 heteroatoms. The van der Waals surface area contributed by atoms with E-state index in [0.717, 1.165) is 13.2 Å². The lowest BCUT2D eigenvalue weighted by Gasteiger charge is -2.28. The maximum absolute atomic E-state index is 13.8. The summed E-state index contributed by atoms with van der Waals surface area (Å²) in [6, 6.07) is 37.7. The van der Waals surface area contributed by atoms with Crippen molar-refractivity contribution in [3.8, 4) is 23.0 Å². The SMILES string of the molecule is C=CCOC(=O)[C@H](CC(=O)OC(C)(C)C)N1C(=O)c2cc3c(cc2S1(=O)=O)OC(c1ccccc1)(c1ccccc1)O3.C=CCOC(=O)[C@H](CC(C)=O)NS(=O)(=O)c1cc2c(cc1C(=O)OC)OC(c1ccccc1)(c1ccccc1)O2. The Bertz CT molecular complexity index is 3600.